The van der Waals surface area contributed by atoms with Gasteiger partial charge in [-0.3, -0.25) is 19.4 Å². The second-order valence-electron chi connectivity index (χ2n) is 5.85. The number of esters is 1. The first kappa shape index (κ1) is 18.8. The first-order chi connectivity index (χ1) is 13.5. The Hall–Kier alpha value is -4.00. The molecule has 0 fully saturated rings. The van der Waals surface area contributed by atoms with Crippen molar-refractivity contribution in [3.05, 3.63) is 84.2 Å². The molecule has 0 radical (unpaired) electrons. The highest BCUT2D eigenvalue weighted by atomic mass is 16.5. The Kier molecular flexibility index (Phi) is 5.76. The Balaban J connectivity index is 1.63. The molecular weight excluding hydrogens is 358 g/mol. The Labute approximate surface area is 161 Å². The van der Waals surface area contributed by atoms with E-state index >= 15 is 0 Å². The van der Waals surface area contributed by atoms with E-state index in [1.54, 1.807) is 60.8 Å². The summed E-state index contributed by atoms with van der Waals surface area (Å²) in [6.07, 6.45) is 3.07. The monoisotopic (exact) mass is 375 g/mol. The lowest BCUT2D eigenvalue weighted by atomic mass is 10.2. The molecule has 2 aromatic carbocycles. The third kappa shape index (κ3) is 5.01. The normalized spacial score (nSPS) is 10.0. The number of hydrogen-bond donors (Lipinski definition) is 2. The second kappa shape index (κ2) is 8.59. The summed E-state index contributed by atoms with van der Waals surface area (Å²) >= 11 is 0. The topological polar surface area (TPSA) is 97.4 Å². The molecule has 1 aromatic heterocycles. The Morgan fingerprint density at radius 2 is 1.43 bits per heavy atom. The third-order valence-corrected chi connectivity index (χ3v) is 3.68. The largest absolute Gasteiger partial charge is 0.427 e. The number of aromatic nitrogens is 1. The van der Waals surface area contributed by atoms with Gasteiger partial charge in [0, 0.05) is 36.3 Å². The summed E-state index contributed by atoms with van der Waals surface area (Å²) in [6, 6.07) is 16.4. The minimum Gasteiger partial charge on any atom is -0.427 e. The van der Waals surface area contributed by atoms with Crippen LogP contribution in [-0.4, -0.2) is 22.8 Å². The number of benzene rings is 2. The zero-order valence-corrected chi connectivity index (χ0v) is 15.0. The number of carbonyl (C=O) groups excluding carboxylic acids is 3. The average Bonchev–Trinajstić information content (AvgIpc) is 2.70. The van der Waals surface area contributed by atoms with Gasteiger partial charge in [0.2, 0.25) is 0 Å². The maximum Gasteiger partial charge on any atom is 0.308 e. The van der Waals surface area contributed by atoms with Crippen LogP contribution in [0.5, 0.6) is 5.75 Å². The number of nitrogens with zero attached hydrogens (tertiary/aromatic N) is 1. The fourth-order valence-corrected chi connectivity index (χ4v) is 2.41. The third-order valence-electron chi connectivity index (χ3n) is 3.68. The van der Waals surface area contributed by atoms with Crippen LogP contribution in [0.1, 0.15) is 27.6 Å². The Morgan fingerprint density at radius 3 is 2.00 bits per heavy atom. The molecular formula is C21H17N3O4. The number of nitrogens with one attached hydrogen (secondary N) is 2. The van der Waals surface area contributed by atoms with E-state index in [-0.39, 0.29) is 11.8 Å². The van der Waals surface area contributed by atoms with Crippen LogP contribution in [0.2, 0.25) is 0 Å². The first-order valence-electron chi connectivity index (χ1n) is 8.42. The highest BCUT2D eigenvalue weighted by Gasteiger charge is 2.09. The van der Waals surface area contributed by atoms with E-state index in [2.05, 4.69) is 15.6 Å². The van der Waals surface area contributed by atoms with Crippen molar-refractivity contribution in [2.24, 2.45) is 0 Å². The number of rotatable bonds is 5. The van der Waals surface area contributed by atoms with Crippen molar-refractivity contribution in [1.29, 1.82) is 0 Å². The minimum absolute atomic E-state index is 0.271. The van der Waals surface area contributed by atoms with Crippen LogP contribution in [0.4, 0.5) is 11.4 Å². The number of ether oxygens (including phenoxy) is 1. The van der Waals surface area contributed by atoms with Crippen molar-refractivity contribution in [3.63, 3.8) is 0 Å². The van der Waals surface area contributed by atoms with Gasteiger partial charge in [-0.05, 0) is 54.6 Å². The fourth-order valence-electron chi connectivity index (χ4n) is 2.41. The standard InChI is InChI=1S/C21H17N3O4/c1-14(25)28-19-6-2-4-15(12-19)20(26)23-17-7-9-18(10-8-17)24-21(27)16-5-3-11-22-13-16/h2-13H,1H3,(H,23,26)(H,24,27). The predicted octanol–water partition coefficient (Wildman–Crippen LogP) is 3.51. The highest BCUT2D eigenvalue weighted by molar-refractivity contribution is 6.05. The number of hydrogen-bond acceptors (Lipinski definition) is 5. The summed E-state index contributed by atoms with van der Waals surface area (Å²) in [6.45, 7) is 1.29. The van der Waals surface area contributed by atoms with E-state index in [0.717, 1.165) is 0 Å². The molecule has 0 bridgehead atoms. The summed E-state index contributed by atoms with van der Waals surface area (Å²) in [5, 5.41) is 5.50. The van der Waals surface area contributed by atoms with Gasteiger partial charge in [0.1, 0.15) is 5.75 Å². The molecule has 3 rings (SSSR count). The lowest BCUT2D eigenvalue weighted by molar-refractivity contribution is -0.131. The summed E-state index contributed by atoms with van der Waals surface area (Å²) in [5.74, 6) is -0.775. The van der Waals surface area contributed by atoms with E-state index in [9.17, 15) is 14.4 Å². The molecule has 0 aliphatic heterocycles. The van der Waals surface area contributed by atoms with E-state index in [4.69, 9.17) is 4.74 Å². The van der Waals surface area contributed by atoms with E-state index < -0.39 is 5.97 Å². The fraction of sp³-hybridized carbons (Fsp3) is 0.0476. The maximum absolute atomic E-state index is 12.4. The van der Waals surface area contributed by atoms with Crippen LogP contribution in [-0.2, 0) is 4.79 Å². The van der Waals surface area contributed by atoms with E-state index in [1.807, 2.05) is 0 Å². The summed E-state index contributed by atoms with van der Waals surface area (Å²) in [5.41, 5.74) is 1.95. The number of anilines is 2. The molecule has 2 amide bonds. The van der Waals surface area contributed by atoms with Gasteiger partial charge in [-0.25, -0.2) is 0 Å². The lowest BCUT2D eigenvalue weighted by Crippen LogP contribution is -2.13. The summed E-state index contributed by atoms with van der Waals surface area (Å²) in [4.78, 5) is 39.4. The van der Waals surface area contributed by atoms with Crippen LogP contribution < -0.4 is 15.4 Å². The summed E-state index contributed by atoms with van der Waals surface area (Å²) in [7, 11) is 0. The molecule has 1 heterocycles. The molecule has 0 spiro atoms. The molecule has 0 aliphatic carbocycles. The minimum atomic E-state index is -0.457. The molecule has 0 atom stereocenters. The molecule has 0 saturated carbocycles. The van der Waals surface area contributed by atoms with Gasteiger partial charge in [-0.15, -0.1) is 0 Å². The maximum atomic E-state index is 12.4. The van der Waals surface area contributed by atoms with Gasteiger partial charge in [0.05, 0.1) is 5.56 Å². The van der Waals surface area contributed by atoms with Gasteiger partial charge >= 0.3 is 5.97 Å². The zero-order valence-electron chi connectivity index (χ0n) is 15.0. The van der Waals surface area contributed by atoms with Crippen molar-refractivity contribution >= 4 is 29.2 Å². The SMILES string of the molecule is CC(=O)Oc1cccc(C(=O)Nc2ccc(NC(=O)c3cccnc3)cc2)c1. The van der Waals surface area contributed by atoms with Crippen LogP contribution in [0.25, 0.3) is 0 Å². The smallest absolute Gasteiger partial charge is 0.308 e. The lowest BCUT2D eigenvalue weighted by Gasteiger charge is -2.09. The number of carbonyl (C=O) groups is 3. The Morgan fingerprint density at radius 1 is 0.821 bits per heavy atom. The van der Waals surface area contributed by atoms with Crippen molar-refractivity contribution in [1.82, 2.24) is 4.98 Å². The van der Waals surface area contributed by atoms with E-state index in [1.165, 1.54) is 19.2 Å². The van der Waals surface area contributed by atoms with Crippen molar-refractivity contribution in [2.45, 2.75) is 6.92 Å². The molecule has 0 unspecified atom stereocenters. The van der Waals surface area contributed by atoms with Gasteiger partial charge in [-0.2, -0.15) is 0 Å². The molecule has 7 heteroatoms. The van der Waals surface area contributed by atoms with Crippen LogP contribution >= 0.6 is 0 Å². The van der Waals surface area contributed by atoms with Crippen LogP contribution in [0.15, 0.2) is 73.1 Å². The summed E-state index contributed by atoms with van der Waals surface area (Å²) < 4.78 is 4.98. The quantitative estimate of drug-likeness (QED) is 0.525. The van der Waals surface area contributed by atoms with Gasteiger partial charge in [0.15, 0.2) is 0 Å². The molecule has 7 nitrogen and oxygen atoms in total. The van der Waals surface area contributed by atoms with Crippen molar-refractivity contribution in [2.75, 3.05) is 10.6 Å². The number of amides is 2. The van der Waals surface area contributed by atoms with Gasteiger partial charge in [0.25, 0.3) is 11.8 Å². The van der Waals surface area contributed by atoms with Crippen molar-refractivity contribution in [3.8, 4) is 5.75 Å². The first-order valence-corrected chi connectivity index (χ1v) is 8.42. The average molecular weight is 375 g/mol. The molecule has 2 N–H and O–H groups in total. The van der Waals surface area contributed by atoms with Crippen molar-refractivity contribution < 1.29 is 19.1 Å². The molecule has 0 aliphatic rings. The molecule has 140 valence electrons. The highest BCUT2D eigenvalue weighted by Crippen LogP contribution is 2.18. The Bertz CT molecular complexity index is 1000. The molecule has 3 aromatic rings. The van der Waals surface area contributed by atoms with Crippen LogP contribution in [0, 0.1) is 0 Å². The van der Waals surface area contributed by atoms with Gasteiger partial charge in [-0.1, -0.05) is 6.07 Å². The molecule has 0 saturated heterocycles. The van der Waals surface area contributed by atoms with E-state index in [0.29, 0.717) is 28.3 Å². The zero-order chi connectivity index (χ0) is 19.9. The second-order valence-corrected chi connectivity index (χ2v) is 5.85. The van der Waals surface area contributed by atoms with Gasteiger partial charge < -0.3 is 15.4 Å². The molecule has 28 heavy (non-hydrogen) atoms. The predicted molar refractivity (Wildman–Crippen MR) is 104 cm³/mol. The number of pyridine rings is 1. The van der Waals surface area contributed by atoms with Crippen LogP contribution in [0.3, 0.4) is 0 Å².